The molecule has 0 saturated carbocycles. The number of nitrogens with zero attached hydrogens (tertiary/aromatic N) is 1. The Morgan fingerprint density at radius 3 is 2.67 bits per heavy atom. The van der Waals surface area contributed by atoms with Gasteiger partial charge in [0.2, 0.25) is 0 Å². The van der Waals surface area contributed by atoms with Crippen molar-refractivity contribution in [3.05, 3.63) is 17.7 Å². The highest BCUT2D eigenvalue weighted by atomic mass is 16.5. The number of nitrogens with two attached hydrogens (primary N) is 1. The number of carbonyl (C=O) groups is 1. The highest BCUT2D eigenvalue weighted by molar-refractivity contribution is 5.99. The normalized spacial score (nSPS) is 15.9. The summed E-state index contributed by atoms with van der Waals surface area (Å²) in [5.41, 5.74) is 8.88. The second-order valence-electron chi connectivity index (χ2n) is 5.60. The molecular formula is C16H25N3O2. The van der Waals surface area contributed by atoms with Crippen LogP contribution < -0.4 is 16.0 Å². The SMILES string of the molecule is CCOC(=O)c1cc(N)c(NC)cc1N1CCC(C)CC1. The number of hydrogen-bond acceptors (Lipinski definition) is 5. The number of nitrogen functional groups attached to an aromatic ring is 1. The van der Waals surface area contributed by atoms with Gasteiger partial charge in [-0.25, -0.2) is 4.79 Å². The molecule has 0 aromatic heterocycles. The minimum Gasteiger partial charge on any atom is -0.462 e. The zero-order valence-corrected chi connectivity index (χ0v) is 13.1. The molecule has 1 aromatic carbocycles. The van der Waals surface area contributed by atoms with E-state index in [0.717, 1.165) is 43.2 Å². The van der Waals surface area contributed by atoms with Gasteiger partial charge in [0.1, 0.15) is 0 Å². The van der Waals surface area contributed by atoms with Gasteiger partial charge in [0.15, 0.2) is 0 Å². The number of esters is 1. The van der Waals surface area contributed by atoms with E-state index in [1.165, 1.54) is 0 Å². The van der Waals surface area contributed by atoms with Gasteiger partial charge in [-0.05, 0) is 37.8 Å². The fraction of sp³-hybridized carbons (Fsp3) is 0.562. The predicted molar refractivity (Wildman–Crippen MR) is 87.0 cm³/mol. The van der Waals surface area contributed by atoms with Gasteiger partial charge in [-0.15, -0.1) is 0 Å². The average molecular weight is 291 g/mol. The van der Waals surface area contributed by atoms with Gasteiger partial charge in [-0.1, -0.05) is 6.92 Å². The molecule has 5 heteroatoms. The van der Waals surface area contributed by atoms with E-state index in [1.54, 1.807) is 6.07 Å². The number of nitrogens with one attached hydrogen (secondary N) is 1. The molecule has 0 amide bonds. The smallest absolute Gasteiger partial charge is 0.340 e. The van der Waals surface area contributed by atoms with E-state index in [4.69, 9.17) is 10.5 Å². The molecule has 1 heterocycles. The van der Waals surface area contributed by atoms with Crippen molar-refractivity contribution in [2.24, 2.45) is 5.92 Å². The Kier molecular flexibility index (Phi) is 4.94. The van der Waals surface area contributed by atoms with Crippen molar-refractivity contribution in [1.82, 2.24) is 0 Å². The lowest BCUT2D eigenvalue weighted by Gasteiger charge is -2.33. The van der Waals surface area contributed by atoms with Gasteiger partial charge >= 0.3 is 5.97 Å². The zero-order chi connectivity index (χ0) is 15.4. The first kappa shape index (κ1) is 15.5. The van der Waals surface area contributed by atoms with Crippen LogP contribution in [0.15, 0.2) is 12.1 Å². The number of hydrogen-bond donors (Lipinski definition) is 2. The fourth-order valence-electron chi connectivity index (χ4n) is 2.70. The van der Waals surface area contributed by atoms with Crippen molar-refractivity contribution in [2.75, 3.05) is 42.7 Å². The van der Waals surface area contributed by atoms with Crippen molar-refractivity contribution >= 4 is 23.0 Å². The summed E-state index contributed by atoms with van der Waals surface area (Å²) in [6.45, 7) is 6.36. The largest absolute Gasteiger partial charge is 0.462 e. The van der Waals surface area contributed by atoms with E-state index >= 15 is 0 Å². The summed E-state index contributed by atoms with van der Waals surface area (Å²) in [6, 6.07) is 3.68. The maximum atomic E-state index is 12.2. The standard InChI is InChI=1S/C16H25N3O2/c1-4-21-16(20)12-9-13(17)14(18-3)10-15(12)19-7-5-11(2)6-8-19/h9-11,18H,4-8,17H2,1-3H3. The van der Waals surface area contributed by atoms with E-state index in [2.05, 4.69) is 17.1 Å². The number of piperidine rings is 1. The first-order chi connectivity index (χ1) is 10.1. The minimum atomic E-state index is -0.305. The number of ether oxygens (including phenoxy) is 1. The lowest BCUT2D eigenvalue weighted by molar-refractivity contribution is 0.0527. The summed E-state index contributed by atoms with van der Waals surface area (Å²) in [5, 5.41) is 3.08. The average Bonchev–Trinajstić information content (AvgIpc) is 2.48. The van der Waals surface area contributed by atoms with E-state index < -0.39 is 0 Å². The summed E-state index contributed by atoms with van der Waals surface area (Å²) in [4.78, 5) is 14.5. The molecule has 0 radical (unpaired) electrons. The summed E-state index contributed by atoms with van der Waals surface area (Å²) in [6.07, 6.45) is 2.28. The molecule has 2 rings (SSSR count). The molecule has 1 aliphatic rings. The lowest BCUT2D eigenvalue weighted by Crippen LogP contribution is -2.34. The van der Waals surface area contributed by atoms with Crippen molar-refractivity contribution < 1.29 is 9.53 Å². The summed E-state index contributed by atoms with van der Waals surface area (Å²) < 4.78 is 5.17. The summed E-state index contributed by atoms with van der Waals surface area (Å²) in [5.74, 6) is 0.435. The molecule has 0 atom stereocenters. The molecule has 0 spiro atoms. The molecule has 21 heavy (non-hydrogen) atoms. The van der Waals surface area contributed by atoms with Crippen molar-refractivity contribution in [2.45, 2.75) is 26.7 Å². The first-order valence-electron chi connectivity index (χ1n) is 7.60. The van der Waals surface area contributed by atoms with Crippen LogP contribution in [-0.4, -0.2) is 32.7 Å². The zero-order valence-electron chi connectivity index (χ0n) is 13.1. The van der Waals surface area contributed by atoms with Crippen LogP contribution in [0.5, 0.6) is 0 Å². The Balaban J connectivity index is 2.38. The summed E-state index contributed by atoms with van der Waals surface area (Å²) >= 11 is 0. The molecule has 5 nitrogen and oxygen atoms in total. The quantitative estimate of drug-likeness (QED) is 0.659. The molecule has 0 unspecified atom stereocenters. The molecule has 1 saturated heterocycles. The van der Waals surface area contributed by atoms with Crippen LogP contribution in [0.4, 0.5) is 17.1 Å². The third kappa shape index (κ3) is 3.40. The van der Waals surface area contributed by atoms with E-state index in [0.29, 0.717) is 17.9 Å². The minimum absolute atomic E-state index is 0.305. The first-order valence-corrected chi connectivity index (χ1v) is 7.60. The van der Waals surface area contributed by atoms with Gasteiger partial charge in [-0.3, -0.25) is 0 Å². The van der Waals surface area contributed by atoms with Gasteiger partial charge < -0.3 is 20.7 Å². The highest BCUT2D eigenvalue weighted by Crippen LogP contribution is 2.33. The van der Waals surface area contributed by atoms with Crippen LogP contribution >= 0.6 is 0 Å². The van der Waals surface area contributed by atoms with Crippen LogP contribution in [0.2, 0.25) is 0 Å². The maximum absolute atomic E-state index is 12.2. The van der Waals surface area contributed by atoms with E-state index in [1.807, 2.05) is 20.0 Å². The molecule has 116 valence electrons. The van der Waals surface area contributed by atoms with Gasteiger partial charge in [0.25, 0.3) is 0 Å². The molecule has 1 fully saturated rings. The van der Waals surface area contributed by atoms with E-state index in [9.17, 15) is 4.79 Å². The van der Waals surface area contributed by atoms with Gasteiger partial charge in [-0.2, -0.15) is 0 Å². The Morgan fingerprint density at radius 2 is 2.10 bits per heavy atom. The van der Waals surface area contributed by atoms with Crippen LogP contribution in [0.3, 0.4) is 0 Å². The number of anilines is 3. The second-order valence-corrected chi connectivity index (χ2v) is 5.60. The number of rotatable bonds is 4. The van der Waals surface area contributed by atoms with Gasteiger partial charge in [0, 0.05) is 20.1 Å². The number of benzene rings is 1. The molecule has 1 aliphatic heterocycles. The van der Waals surface area contributed by atoms with Crippen LogP contribution in [0, 0.1) is 5.92 Å². The molecule has 0 aliphatic carbocycles. The van der Waals surface area contributed by atoms with Crippen molar-refractivity contribution in [3.8, 4) is 0 Å². The van der Waals surface area contributed by atoms with Crippen LogP contribution in [0.1, 0.15) is 37.0 Å². The predicted octanol–water partition coefficient (Wildman–Crippen LogP) is 2.72. The van der Waals surface area contributed by atoms with Crippen LogP contribution in [-0.2, 0) is 4.74 Å². The molecule has 1 aromatic rings. The van der Waals surface area contributed by atoms with E-state index in [-0.39, 0.29) is 5.97 Å². The third-order valence-electron chi connectivity index (χ3n) is 4.06. The fourth-order valence-corrected chi connectivity index (χ4v) is 2.70. The molecular weight excluding hydrogens is 266 g/mol. The Morgan fingerprint density at radius 1 is 1.43 bits per heavy atom. The molecule has 0 bridgehead atoms. The van der Waals surface area contributed by atoms with Crippen molar-refractivity contribution in [1.29, 1.82) is 0 Å². The van der Waals surface area contributed by atoms with Gasteiger partial charge in [0.05, 0.1) is 29.2 Å². The number of carbonyl (C=O) groups excluding carboxylic acids is 1. The molecule has 3 N–H and O–H groups in total. The van der Waals surface area contributed by atoms with Crippen LogP contribution in [0.25, 0.3) is 0 Å². The highest BCUT2D eigenvalue weighted by Gasteiger charge is 2.23. The monoisotopic (exact) mass is 291 g/mol. The maximum Gasteiger partial charge on any atom is 0.340 e. The third-order valence-corrected chi connectivity index (χ3v) is 4.06. The topological polar surface area (TPSA) is 67.6 Å². The lowest BCUT2D eigenvalue weighted by atomic mass is 9.97. The second kappa shape index (κ2) is 6.70. The van der Waals surface area contributed by atoms with Crippen molar-refractivity contribution in [3.63, 3.8) is 0 Å². The Hall–Kier alpha value is -1.91. The Labute approximate surface area is 126 Å². The Bertz CT molecular complexity index is 508. The summed E-state index contributed by atoms with van der Waals surface area (Å²) in [7, 11) is 1.83.